The van der Waals surface area contributed by atoms with Crippen LogP contribution in [0, 0.1) is 5.82 Å². The Hall–Kier alpha value is -1.15. The lowest BCUT2D eigenvalue weighted by molar-refractivity contribution is 0.638. The van der Waals surface area contributed by atoms with Gasteiger partial charge in [-0.15, -0.1) is 0 Å². The van der Waals surface area contributed by atoms with Crippen LogP contribution in [0.4, 0.5) is 4.39 Å². The Morgan fingerprint density at radius 3 is 2.83 bits per heavy atom. The van der Waals surface area contributed by atoms with Crippen LogP contribution in [0.25, 0.3) is 10.9 Å². The lowest BCUT2D eigenvalue weighted by Gasteiger charge is -1.98. The topological polar surface area (TPSA) is 12.9 Å². The first-order valence-electron chi connectivity index (χ1n) is 3.48. The maximum Gasteiger partial charge on any atom is 0.135 e. The average Bonchev–Trinajstić information content (AvgIpc) is 2.04. The predicted molar refractivity (Wildman–Crippen MR) is 46.7 cm³/mol. The van der Waals surface area contributed by atoms with E-state index < -0.39 is 0 Å². The van der Waals surface area contributed by atoms with Gasteiger partial charge in [-0.05, 0) is 18.2 Å². The maximum atomic E-state index is 13.1. The van der Waals surface area contributed by atoms with Crippen molar-refractivity contribution in [3.05, 3.63) is 41.3 Å². The summed E-state index contributed by atoms with van der Waals surface area (Å²) in [7, 11) is 0. The average molecular weight is 182 g/mol. The molecule has 0 fully saturated rings. The van der Waals surface area contributed by atoms with Crippen molar-refractivity contribution >= 4 is 22.5 Å². The Kier molecular flexibility index (Phi) is 1.70. The molecule has 0 aliphatic carbocycles. The molecule has 0 radical (unpaired) electrons. The third-order valence-electron chi connectivity index (χ3n) is 1.66. The second-order valence-corrected chi connectivity index (χ2v) is 2.83. The van der Waals surface area contributed by atoms with E-state index in [1.165, 1.54) is 12.3 Å². The Balaban J connectivity index is 2.96. The summed E-state index contributed by atoms with van der Waals surface area (Å²) in [6, 6.07) is 6.42. The van der Waals surface area contributed by atoms with Gasteiger partial charge in [0.05, 0.1) is 15.9 Å². The Labute approximate surface area is 73.8 Å². The lowest BCUT2D eigenvalue weighted by Crippen LogP contribution is -1.83. The number of fused-ring (bicyclic) bond motifs is 1. The molecule has 0 aliphatic rings. The van der Waals surface area contributed by atoms with E-state index in [4.69, 9.17) is 11.6 Å². The van der Waals surface area contributed by atoms with Gasteiger partial charge in [0.25, 0.3) is 0 Å². The Bertz CT molecular complexity index is 391. The summed E-state index contributed by atoms with van der Waals surface area (Å²) in [4.78, 5) is 3.98. The van der Waals surface area contributed by atoms with Crippen LogP contribution < -0.4 is 0 Å². The smallest absolute Gasteiger partial charge is 0.135 e. The molecule has 1 aromatic heterocycles. The summed E-state index contributed by atoms with van der Waals surface area (Å²) in [6.45, 7) is 0. The zero-order valence-corrected chi connectivity index (χ0v) is 6.85. The first kappa shape index (κ1) is 7.50. The van der Waals surface area contributed by atoms with Gasteiger partial charge in [0.2, 0.25) is 0 Å². The number of hydrogen-bond donors (Lipinski definition) is 0. The van der Waals surface area contributed by atoms with Crippen LogP contribution in [-0.4, -0.2) is 4.98 Å². The van der Waals surface area contributed by atoms with Gasteiger partial charge in [0.1, 0.15) is 5.82 Å². The fourth-order valence-electron chi connectivity index (χ4n) is 1.12. The molecule has 0 saturated carbocycles. The van der Waals surface area contributed by atoms with Crippen LogP contribution in [0.2, 0.25) is 5.02 Å². The molecule has 0 aliphatic heterocycles. The minimum Gasteiger partial charge on any atom is -0.256 e. The molecule has 0 unspecified atom stereocenters. The molecular formula is C9H5ClFN. The Morgan fingerprint density at radius 2 is 2.08 bits per heavy atom. The summed E-state index contributed by atoms with van der Waals surface area (Å²) in [5, 5.41) is 0.791. The van der Waals surface area contributed by atoms with Crippen molar-refractivity contribution in [2.45, 2.75) is 0 Å². The van der Waals surface area contributed by atoms with Crippen LogP contribution in [-0.2, 0) is 0 Å². The second-order valence-electron chi connectivity index (χ2n) is 2.43. The first-order valence-corrected chi connectivity index (χ1v) is 3.85. The van der Waals surface area contributed by atoms with Crippen LogP contribution >= 0.6 is 11.6 Å². The highest BCUT2D eigenvalue weighted by Gasteiger charge is 2.03. The van der Waals surface area contributed by atoms with Crippen molar-refractivity contribution in [2.75, 3.05) is 0 Å². The molecule has 0 bridgehead atoms. The molecule has 3 heteroatoms. The molecule has 1 heterocycles. The van der Waals surface area contributed by atoms with Gasteiger partial charge in [0.15, 0.2) is 0 Å². The predicted octanol–water partition coefficient (Wildman–Crippen LogP) is 3.03. The number of halogens is 2. The molecule has 1 nitrogen and oxygen atoms in total. The van der Waals surface area contributed by atoms with Crippen LogP contribution in [0.1, 0.15) is 0 Å². The maximum absolute atomic E-state index is 13.1. The summed E-state index contributed by atoms with van der Waals surface area (Å²) in [6.07, 6.45) is 1.42. The molecule has 12 heavy (non-hydrogen) atoms. The minimum absolute atomic E-state index is 0.328. The summed E-state index contributed by atoms with van der Waals surface area (Å²) >= 11 is 5.78. The van der Waals surface area contributed by atoms with Gasteiger partial charge in [-0.3, -0.25) is 4.98 Å². The molecule has 60 valence electrons. The van der Waals surface area contributed by atoms with E-state index in [0.29, 0.717) is 15.9 Å². The van der Waals surface area contributed by atoms with Gasteiger partial charge >= 0.3 is 0 Å². The highest BCUT2D eigenvalue weighted by Crippen LogP contribution is 2.23. The minimum atomic E-state index is -0.328. The van der Waals surface area contributed by atoms with Crippen molar-refractivity contribution in [2.24, 2.45) is 0 Å². The molecule has 2 rings (SSSR count). The molecular weight excluding hydrogens is 177 g/mol. The van der Waals surface area contributed by atoms with Crippen molar-refractivity contribution in [3.63, 3.8) is 0 Å². The van der Waals surface area contributed by atoms with E-state index in [2.05, 4.69) is 4.98 Å². The van der Waals surface area contributed by atoms with E-state index in [1.54, 1.807) is 18.2 Å². The van der Waals surface area contributed by atoms with Gasteiger partial charge in [-0.2, -0.15) is 0 Å². The summed E-state index contributed by atoms with van der Waals surface area (Å²) in [5.74, 6) is -0.328. The van der Waals surface area contributed by atoms with E-state index in [0.717, 1.165) is 0 Å². The Morgan fingerprint density at radius 1 is 1.25 bits per heavy atom. The number of benzene rings is 1. The SMILES string of the molecule is Fc1ccnc2cccc(Cl)c12. The molecule has 0 amide bonds. The normalized spacial score (nSPS) is 10.5. The van der Waals surface area contributed by atoms with Gasteiger partial charge in [-0.1, -0.05) is 17.7 Å². The number of hydrogen-bond acceptors (Lipinski definition) is 1. The van der Waals surface area contributed by atoms with Crippen LogP contribution in [0.15, 0.2) is 30.5 Å². The van der Waals surface area contributed by atoms with E-state index >= 15 is 0 Å². The van der Waals surface area contributed by atoms with Crippen molar-refractivity contribution in [1.82, 2.24) is 4.98 Å². The molecule has 0 saturated heterocycles. The first-order chi connectivity index (χ1) is 5.79. The number of nitrogens with zero attached hydrogens (tertiary/aromatic N) is 1. The third-order valence-corrected chi connectivity index (χ3v) is 1.98. The van der Waals surface area contributed by atoms with E-state index in [-0.39, 0.29) is 5.82 Å². The second kappa shape index (κ2) is 2.72. The van der Waals surface area contributed by atoms with Crippen LogP contribution in [0.5, 0.6) is 0 Å². The number of aromatic nitrogens is 1. The summed E-state index contributed by atoms with van der Waals surface area (Å²) in [5.41, 5.74) is 0.586. The molecule has 2 aromatic rings. The fourth-order valence-corrected chi connectivity index (χ4v) is 1.38. The lowest BCUT2D eigenvalue weighted by atomic mass is 10.2. The fraction of sp³-hybridized carbons (Fsp3) is 0. The molecule has 1 aromatic carbocycles. The summed E-state index contributed by atoms with van der Waals surface area (Å²) < 4.78 is 13.1. The molecule has 0 atom stereocenters. The van der Waals surface area contributed by atoms with Crippen molar-refractivity contribution in [1.29, 1.82) is 0 Å². The zero-order chi connectivity index (χ0) is 8.55. The van der Waals surface area contributed by atoms with E-state index in [9.17, 15) is 4.39 Å². The number of rotatable bonds is 0. The van der Waals surface area contributed by atoms with E-state index in [1.807, 2.05) is 0 Å². The standard InChI is InChI=1S/C9H5ClFN/c10-6-2-1-3-8-9(6)7(11)4-5-12-8/h1-5H. The van der Waals surface area contributed by atoms with Gasteiger partial charge in [-0.25, -0.2) is 4.39 Å². The highest BCUT2D eigenvalue weighted by atomic mass is 35.5. The largest absolute Gasteiger partial charge is 0.256 e. The van der Waals surface area contributed by atoms with Crippen molar-refractivity contribution < 1.29 is 4.39 Å². The van der Waals surface area contributed by atoms with Crippen LogP contribution in [0.3, 0.4) is 0 Å². The highest BCUT2D eigenvalue weighted by molar-refractivity contribution is 6.35. The van der Waals surface area contributed by atoms with Gasteiger partial charge < -0.3 is 0 Å². The molecule has 0 N–H and O–H groups in total. The third kappa shape index (κ3) is 1.04. The zero-order valence-electron chi connectivity index (χ0n) is 6.09. The van der Waals surface area contributed by atoms with Crippen molar-refractivity contribution in [3.8, 4) is 0 Å². The van der Waals surface area contributed by atoms with Gasteiger partial charge in [0, 0.05) is 6.20 Å². The molecule has 0 spiro atoms. The number of pyridine rings is 1. The monoisotopic (exact) mass is 181 g/mol. The quantitative estimate of drug-likeness (QED) is 0.609.